The van der Waals surface area contributed by atoms with Crippen LogP contribution >= 0.6 is 28.1 Å². The highest BCUT2D eigenvalue weighted by molar-refractivity contribution is 9.10. The van der Waals surface area contributed by atoms with Crippen LogP contribution in [0.15, 0.2) is 59.1 Å². The van der Waals surface area contributed by atoms with E-state index in [1.165, 1.54) is 12.0 Å². The SMILES string of the molecule is C[C@]12CN(Cc3cccc(Br)c3)C[C@](C)(CN(C(=S)Nc3ccccc3)C1)C2. The van der Waals surface area contributed by atoms with Crippen molar-refractivity contribution in [3.8, 4) is 0 Å². The first kappa shape index (κ1) is 19.9. The first-order valence-corrected chi connectivity index (χ1v) is 11.1. The van der Waals surface area contributed by atoms with Crippen LogP contribution in [-0.2, 0) is 6.54 Å². The van der Waals surface area contributed by atoms with Crippen LogP contribution in [-0.4, -0.2) is 41.1 Å². The number of para-hydroxylation sites is 1. The Kier molecular flexibility index (Phi) is 5.51. The smallest absolute Gasteiger partial charge is 0.173 e. The maximum Gasteiger partial charge on any atom is 0.173 e. The van der Waals surface area contributed by atoms with Gasteiger partial charge in [-0.3, -0.25) is 4.90 Å². The molecule has 148 valence electrons. The van der Waals surface area contributed by atoms with Crippen molar-refractivity contribution >= 4 is 38.9 Å². The highest BCUT2D eigenvalue weighted by Gasteiger charge is 2.48. The lowest BCUT2D eigenvalue weighted by Gasteiger charge is -2.57. The highest BCUT2D eigenvalue weighted by atomic mass is 79.9. The molecule has 0 amide bonds. The summed E-state index contributed by atoms with van der Waals surface area (Å²) in [4.78, 5) is 5.03. The van der Waals surface area contributed by atoms with Crippen molar-refractivity contribution in [1.29, 1.82) is 0 Å². The van der Waals surface area contributed by atoms with E-state index in [1.807, 2.05) is 18.2 Å². The Morgan fingerprint density at radius 2 is 1.68 bits per heavy atom. The minimum Gasteiger partial charge on any atom is -0.348 e. The van der Waals surface area contributed by atoms with Gasteiger partial charge in [-0.2, -0.15) is 0 Å². The molecule has 2 fully saturated rings. The molecule has 0 radical (unpaired) electrons. The van der Waals surface area contributed by atoms with Crippen molar-refractivity contribution in [2.45, 2.75) is 26.8 Å². The number of piperidine rings is 2. The van der Waals surface area contributed by atoms with Gasteiger partial charge in [0, 0.05) is 42.9 Å². The maximum absolute atomic E-state index is 5.78. The molecule has 2 aliphatic heterocycles. The average Bonchev–Trinajstić information content (AvgIpc) is 2.60. The third kappa shape index (κ3) is 4.58. The number of nitrogens with one attached hydrogen (secondary N) is 1. The van der Waals surface area contributed by atoms with Crippen molar-refractivity contribution in [2.24, 2.45) is 10.8 Å². The van der Waals surface area contributed by atoms with Crippen LogP contribution in [0.3, 0.4) is 0 Å². The number of hydrogen-bond acceptors (Lipinski definition) is 2. The fraction of sp³-hybridized carbons (Fsp3) is 0.435. The van der Waals surface area contributed by atoms with Gasteiger partial charge >= 0.3 is 0 Å². The molecule has 4 rings (SSSR count). The molecule has 2 atom stereocenters. The molecule has 1 N–H and O–H groups in total. The zero-order valence-corrected chi connectivity index (χ0v) is 19.0. The Morgan fingerprint density at radius 1 is 1.00 bits per heavy atom. The summed E-state index contributed by atoms with van der Waals surface area (Å²) in [5.74, 6) is 0. The quantitative estimate of drug-likeness (QED) is 0.623. The maximum atomic E-state index is 5.78. The van der Waals surface area contributed by atoms with E-state index in [1.54, 1.807) is 0 Å². The summed E-state index contributed by atoms with van der Waals surface area (Å²) in [7, 11) is 0. The van der Waals surface area contributed by atoms with Gasteiger partial charge in [0.1, 0.15) is 0 Å². The standard InChI is InChI=1S/C23H28BrN3S/c1-22-13-23(2,15-26(14-22)12-18-7-6-8-19(24)11-18)17-27(16-22)21(28)25-20-9-4-3-5-10-20/h3-11H,12-17H2,1-2H3,(H,25,28)/t22-,23+. The van der Waals surface area contributed by atoms with E-state index >= 15 is 0 Å². The van der Waals surface area contributed by atoms with Crippen LogP contribution in [0, 0.1) is 10.8 Å². The lowest BCUT2D eigenvalue weighted by Crippen LogP contribution is -2.63. The molecule has 0 aliphatic carbocycles. The molecule has 28 heavy (non-hydrogen) atoms. The number of fused-ring (bicyclic) bond motifs is 2. The number of nitrogens with zero attached hydrogens (tertiary/aromatic N) is 2. The molecule has 0 spiro atoms. The first-order chi connectivity index (χ1) is 13.3. The Hall–Kier alpha value is -1.43. The zero-order valence-electron chi connectivity index (χ0n) is 16.6. The first-order valence-electron chi connectivity index (χ1n) is 9.90. The monoisotopic (exact) mass is 457 g/mol. The van der Waals surface area contributed by atoms with Crippen molar-refractivity contribution in [3.05, 3.63) is 64.6 Å². The second-order valence-corrected chi connectivity index (χ2v) is 10.5. The Labute approximate surface area is 182 Å². The van der Waals surface area contributed by atoms with E-state index in [0.29, 0.717) is 0 Å². The van der Waals surface area contributed by atoms with Gasteiger partial charge in [0.05, 0.1) is 0 Å². The van der Waals surface area contributed by atoms with E-state index in [0.717, 1.165) is 48.0 Å². The van der Waals surface area contributed by atoms with E-state index in [-0.39, 0.29) is 10.8 Å². The zero-order chi connectivity index (χ0) is 19.8. The van der Waals surface area contributed by atoms with Crippen LogP contribution in [0.2, 0.25) is 0 Å². The van der Waals surface area contributed by atoms with Crippen molar-refractivity contribution < 1.29 is 0 Å². The fourth-order valence-electron chi connectivity index (χ4n) is 5.34. The second-order valence-electron chi connectivity index (χ2n) is 9.23. The molecule has 2 aliphatic rings. The number of benzene rings is 2. The summed E-state index contributed by atoms with van der Waals surface area (Å²) in [6.45, 7) is 10.1. The summed E-state index contributed by atoms with van der Waals surface area (Å²) >= 11 is 9.38. The normalized spacial score (nSPS) is 27.5. The van der Waals surface area contributed by atoms with E-state index in [9.17, 15) is 0 Å². The molecule has 2 heterocycles. The van der Waals surface area contributed by atoms with Crippen LogP contribution in [0.4, 0.5) is 5.69 Å². The Balaban J connectivity index is 1.46. The van der Waals surface area contributed by atoms with Crippen molar-refractivity contribution in [2.75, 3.05) is 31.5 Å². The van der Waals surface area contributed by atoms with E-state index in [2.05, 4.69) is 81.3 Å². The number of rotatable bonds is 3. The molecule has 2 aromatic carbocycles. The number of thiocarbonyl (C=S) groups is 1. The molecule has 0 saturated carbocycles. The Bertz CT molecular complexity index is 838. The minimum absolute atomic E-state index is 0.250. The second kappa shape index (κ2) is 7.77. The highest BCUT2D eigenvalue weighted by Crippen LogP contribution is 2.45. The van der Waals surface area contributed by atoms with Gasteiger partial charge in [0.25, 0.3) is 0 Å². The molecule has 2 bridgehead atoms. The molecular weight excluding hydrogens is 430 g/mol. The number of halogens is 1. The number of anilines is 1. The van der Waals surface area contributed by atoms with Gasteiger partial charge in [-0.15, -0.1) is 0 Å². The summed E-state index contributed by atoms with van der Waals surface area (Å²) in [6.07, 6.45) is 1.26. The summed E-state index contributed by atoms with van der Waals surface area (Å²) in [6, 6.07) is 18.9. The van der Waals surface area contributed by atoms with E-state index < -0.39 is 0 Å². The summed E-state index contributed by atoms with van der Waals surface area (Å²) in [5.41, 5.74) is 2.94. The molecular formula is C23H28BrN3S. The van der Waals surface area contributed by atoms with Crippen molar-refractivity contribution in [3.63, 3.8) is 0 Å². The predicted octanol–water partition coefficient (Wildman–Crippen LogP) is 5.38. The van der Waals surface area contributed by atoms with Gasteiger partial charge in [-0.25, -0.2) is 0 Å². The lowest BCUT2D eigenvalue weighted by molar-refractivity contribution is -0.0553. The van der Waals surface area contributed by atoms with Crippen LogP contribution < -0.4 is 5.32 Å². The van der Waals surface area contributed by atoms with Gasteiger partial charge in [0.2, 0.25) is 0 Å². The van der Waals surface area contributed by atoms with Crippen LogP contribution in [0.5, 0.6) is 0 Å². The molecule has 0 aromatic heterocycles. The molecule has 0 unspecified atom stereocenters. The minimum atomic E-state index is 0.250. The summed E-state index contributed by atoms with van der Waals surface area (Å²) in [5, 5.41) is 4.28. The van der Waals surface area contributed by atoms with Crippen molar-refractivity contribution in [1.82, 2.24) is 9.80 Å². The number of hydrogen-bond donors (Lipinski definition) is 1. The molecule has 3 nitrogen and oxygen atoms in total. The van der Waals surface area contributed by atoms with Gasteiger partial charge in [-0.05, 0) is 59.3 Å². The lowest BCUT2D eigenvalue weighted by atomic mass is 9.65. The third-order valence-electron chi connectivity index (χ3n) is 5.82. The number of likely N-dealkylation sites (tertiary alicyclic amines) is 2. The molecule has 2 aromatic rings. The topological polar surface area (TPSA) is 18.5 Å². The van der Waals surface area contributed by atoms with Crippen LogP contribution in [0.25, 0.3) is 0 Å². The van der Waals surface area contributed by atoms with Crippen LogP contribution in [0.1, 0.15) is 25.8 Å². The van der Waals surface area contributed by atoms with E-state index in [4.69, 9.17) is 12.2 Å². The van der Waals surface area contributed by atoms with Gasteiger partial charge in [-0.1, -0.05) is 60.1 Å². The Morgan fingerprint density at radius 3 is 2.32 bits per heavy atom. The summed E-state index contributed by atoms with van der Waals surface area (Å²) < 4.78 is 1.16. The predicted molar refractivity (Wildman–Crippen MR) is 124 cm³/mol. The van der Waals surface area contributed by atoms with Gasteiger partial charge < -0.3 is 10.2 Å². The average molecular weight is 458 g/mol. The largest absolute Gasteiger partial charge is 0.348 e. The molecule has 2 saturated heterocycles. The molecule has 5 heteroatoms. The fourth-order valence-corrected chi connectivity index (χ4v) is 6.03. The third-order valence-corrected chi connectivity index (χ3v) is 6.67. The van der Waals surface area contributed by atoms with Gasteiger partial charge in [0.15, 0.2) is 5.11 Å².